The van der Waals surface area contributed by atoms with Crippen LogP contribution in [0.5, 0.6) is 0 Å². The molecule has 0 bridgehead atoms. The van der Waals surface area contributed by atoms with E-state index < -0.39 is 17.5 Å². The van der Waals surface area contributed by atoms with Crippen LogP contribution >= 0.6 is 0 Å². The van der Waals surface area contributed by atoms with Crippen molar-refractivity contribution in [1.82, 2.24) is 4.57 Å². The van der Waals surface area contributed by atoms with Gasteiger partial charge in [0, 0.05) is 18.4 Å². The highest BCUT2D eigenvalue weighted by atomic mass is 19.1. The number of halogens is 1. The number of rotatable bonds is 5. The molecule has 0 saturated carbocycles. The van der Waals surface area contributed by atoms with E-state index in [1.54, 1.807) is 42.0 Å². The number of Topliss-reactive ketones (excluding diaryl/α,β-unsaturated/α-hetero) is 1. The van der Waals surface area contributed by atoms with Crippen molar-refractivity contribution in [3.05, 3.63) is 89.0 Å². The fourth-order valence-electron chi connectivity index (χ4n) is 2.62. The minimum Gasteiger partial charge on any atom is -0.340 e. The third-order valence-electron chi connectivity index (χ3n) is 4.17. The largest absolute Gasteiger partial charge is 0.340 e. The molecule has 26 heavy (non-hydrogen) atoms. The number of anilines is 1. The molecule has 132 valence electrons. The summed E-state index contributed by atoms with van der Waals surface area (Å²) in [6, 6.07) is 15.6. The van der Waals surface area contributed by atoms with Crippen LogP contribution in [0.3, 0.4) is 0 Å². The topological polar surface area (TPSA) is 51.1 Å². The van der Waals surface area contributed by atoms with Crippen molar-refractivity contribution in [3.8, 4) is 0 Å². The lowest BCUT2D eigenvalue weighted by Gasteiger charge is -2.10. The molecule has 0 aliphatic rings. The quantitative estimate of drug-likeness (QED) is 0.556. The van der Waals surface area contributed by atoms with Crippen molar-refractivity contribution in [1.29, 1.82) is 0 Å². The van der Waals surface area contributed by atoms with Crippen LogP contribution in [0.1, 0.15) is 27.2 Å². The van der Waals surface area contributed by atoms with Gasteiger partial charge in [-0.3, -0.25) is 9.59 Å². The average Bonchev–Trinajstić information content (AvgIpc) is 3.07. The number of aryl methyl sites for hydroxylation is 2. The Labute approximate surface area is 151 Å². The summed E-state index contributed by atoms with van der Waals surface area (Å²) in [7, 11) is 0. The minimum atomic E-state index is -0.794. The van der Waals surface area contributed by atoms with E-state index in [4.69, 9.17) is 0 Å². The second-order valence-electron chi connectivity index (χ2n) is 6.25. The number of nitrogens with zero attached hydrogens (tertiary/aromatic N) is 1. The number of nitrogens with one attached hydrogen (secondary N) is 1. The van der Waals surface area contributed by atoms with Gasteiger partial charge in [0.25, 0.3) is 11.7 Å². The summed E-state index contributed by atoms with van der Waals surface area (Å²) in [5.41, 5.74) is 3.20. The lowest BCUT2D eigenvalue weighted by atomic mass is 10.1. The Morgan fingerprint density at radius 2 is 1.77 bits per heavy atom. The number of hydrogen-bond acceptors (Lipinski definition) is 2. The second kappa shape index (κ2) is 7.35. The van der Waals surface area contributed by atoms with Crippen LogP contribution in [-0.2, 0) is 11.3 Å². The molecule has 0 aliphatic heterocycles. The van der Waals surface area contributed by atoms with Crippen LogP contribution in [0.25, 0.3) is 0 Å². The third-order valence-corrected chi connectivity index (χ3v) is 4.17. The second-order valence-corrected chi connectivity index (χ2v) is 6.25. The molecule has 1 heterocycles. The first-order valence-corrected chi connectivity index (χ1v) is 8.26. The first kappa shape index (κ1) is 17.6. The van der Waals surface area contributed by atoms with Gasteiger partial charge in [0.1, 0.15) is 5.82 Å². The fourth-order valence-corrected chi connectivity index (χ4v) is 2.62. The van der Waals surface area contributed by atoms with Crippen molar-refractivity contribution >= 4 is 17.4 Å². The lowest BCUT2D eigenvalue weighted by molar-refractivity contribution is -0.112. The normalized spacial score (nSPS) is 10.6. The average molecular weight is 350 g/mol. The molecule has 0 saturated heterocycles. The lowest BCUT2D eigenvalue weighted by Crippen LogP contribution is -2.25. The van der Waals surface area contributed by atoms with Crippen LogP contribution in [0.2, 0.25) is 0 Å². The standard InChI is InChI=1S/C21H19FN2O2/c1-14-5-8-16(9-6-14)13-24-11-3-4-19(24)20(25)21(26)23-17-10-7-15(2)18(22)12-17/h3-12H,13H2,1-2H3,(H,23,26). The highest BCUT2D eigenvalue weighted by Crippen LogP contribution is 2.15. The number of hydrogen-bond donors (Lipinski definition) is 1. The van der Waals surface area contributed by atoms with E-state index in [0.717, 1.165) is 11.1 Å². The monoisotopic (exact) mass is 350 g/mol. The van der Waals surface area contributed by atoms with Crippen molar-refractivity contribution in [2.45, 2.75) is 20.4 Å². The highest BCUT2D eigenvalue weighted by molar-refractivity contribution is 6.46. The Kier molecular flexibility index (Phi) is 4.98. The molecular weight excluding hydrogens is 331 g/mol. The molecule has 1 amide bonds. The zero-order chi connectivity index (χ0) is 18.7. The Morgan fingerprint density at radius 3 is 2.46 bits per heavy atom. The minimum absolute atomic E-state index is 0.253. The predicted molar refractivity (Wildman–Crippen MR) is 98.8 cm³/mol. The summed E-state index contributed by atoms with van der Waals surface area (Å²) < 4.78 is 15.3. The Morgan fingerprint density at radius 1 is 1.04 bits per heavy atom. The Bertz CT molecular complexity index is 958. The summed E-state index contributed by atoms with van der Waals surface area (Å²) in [6.07, 6.45) is 1.76. The van der Waals surface area contributed by atoms with Gasteiger partial charge in [0.15, 0.2) is 0 Å². The van der Waals surface area contributed by atoms with Crippen molar-refractivity contribution in [2.75, 3.05) is 5.32 Å². The first-order valence-electron chi connectivity index (χ1n) is 8.26. The smallest absolute Gasteiger partial charge is 0.298 e. The predicted octanol–water partition coefficient (Wildman–Crippen LogP) is 4.11. The SMILES string of the molecule is Cc1ccc(Cn2cccc2C(=O)C(=O)Nc2ccc(C)c(F)c2)cc1. The van der Waals surface area contributed by atoms with E-state index in [1.807, 2.05) is 31.2 Å². The van der Waals surface area contributed by atoms with Crippen LogP contribution in [0, 0.1) is 19.7 Å². The third kappa shape index (κ3) is 3.88. The maximum absolute atomic E-state index is 13.6. The van der Waals surface area contributed by atoms with Gasteiger partial charge in [-0.2, -0.15) is 0 Å². The van der Waals surface area contributed by atoms with Gasteiger partial charge in [-0.15, -0.1) is 0 Å². The van der Waals surface area contributed by atoms with E-state index in [-0.39, 0.29) is 11.4 Å². The maximum atomic E-state index is 13.6. The van der Waals surface area contributed by atoms with Gasteiger partial charge in [-0.05, 0) is 49.2 Å². The molecule has 3 aromatic rings. The molecule has 5 heteroatoms. The zero-order valence-electron chi connectivity index (χ0n) is 14.6. The van der Waals surface area contributed by atoms with Crippen molar-refractivity contribution in [2.24, 2.45) is 0 Å². The van der Waals surface area contributed by atoms with Crippen LogP contribution in [0.15, 0.2) is 60.8 Å². The molecule has 3 rings (SSSR count). The Hall–Kier alpha value is -3.21. The number of ketones is 1. The van der Waals surface area contributed by atoms with E-state index in [2.05, 4.69) is 5.32 Å². The van der Waals surface area contributed by atoms with E-state index in [1.165, 1.54) is 6.07 Å². The van der Waals surface area contributed by atoms with Gasteiger partial charge < -0.3 is 9.88 Å². The molecule has 4 nitrogen and oxygen atoms in total. The molecule has 1 aromatic heterocycles. The fraction of sp³-hybridized carbons (Fsp3) is 0.143. The van der Waals surface area contributed by atoms with Gasteiger partial charge >= 0.3 is 0 Å². The molecule has 0 atom stereocenters. The molecule has 2 aromatic carbocycles. The molecule has 0 spiro atoms. The van der Waals surface area contributed by atoms with Gasteiger partial charge in [0.05, 0.1) is 5.69 Å². The van der Waals surface area contributed by atoms with E-state index in [0.29, 0.717) is 12.1 Å². The number of carbonyl (C=O) groups excluding carboxylic acids is 2. The van der Waals surface area contributed by atoms with Crippen LogP contribution < -0.4 is 5.32 Å². The molecule has 0 radical (unpaired) electrons. The number of aromatic nitrogens is 1. The van der Waals surface area contributed by atoms with Gasteiger partial charge in [0.2, 0.25) is 0 Å². The molecule has 0 unspecified atom stereocenters. The molecule has 1 N–H and O–H groups in total. The zero-order valence-corrected chi connectivity index (χ0v) is 14.6. The Balaban J connectivity index is 1.75. The number of carbonyl (C=O) groups is 2. The molecule has 0 fully saturated rings. The summed E-state index contributed by atoms with van der Waals surface area (Å²) in [5, 5.41) is 2.45. The molecule has 0 aliphatic carbocycles. The maximum Gasteiger partial charge on any atom is 0.298 e. The van der Waals surface area contributed by atoms with Crippen LogP contribution in [0.4, 0.5) is 10.1 Å². The van der Waals surface area contributed by atoms with Crippen LogP contribution in [-0.4, -0.2) is 16.3 Å². The molecular formula is C21H19FN2O2. The summed E-state index contributed by atoms with van der Waals surface area (Å²) in [5.74, 6) is -1.89. The summed E-state index contributed by atoms with van der Waals surface area (Å²) >= 11 is 0. The number of benzene rings is 2. The first-order chi connectivity index (χ1) is 12.4. The highest BCUT2D eigenvalue weighted by Gasteiger charge is 2.20. The summed E-state index contributed by atoms with van der Waals surface area (Å²) in [6.45, 7) is 4.12. The number of amides is 1. The van der Waals surface area contributed by atoms with E-state index >= 15 is 0 Å². The van der Waals surface area contributed by atoms with Crippen molar-refractivity contribution < 1.29 is 14.0 Å². The van der Waals surface area contributed by atoms with Gasteiger partial charge in [-0.1, -0.05) is 35.9 Å². The van der Waals surface area contributed by atoms with Crippen molar-refractivity contribution in [3.63, 3.8) is 0 Å². The van der Waals surface area contributed by atoms with Gasteiger partial charge in [-0.25, -0.2) is 4.39 Å². The summed E-state index contributed by atoms with van der Waals surface area (Å²) in [4.78, 5) is 24.8. The van der Waals surface area contributed by atoms with E-state index in [9.17, 15) is 14.0 Å².